The van der Waals surface area contributed by atoms with Gasteiger partial charge in [0, 0.05) is 12.2 Å². The first-order valence-corrected chi connectivity index (χ1v) is 7.69. The molecule has 0 fully saturated rings. The fraction of sp³-hybridized carbons (Fsp3) is 0.750. The van der Waals surface area contributed by atoms with E-state index in [2.05, 4.69) is 13.8 Å². The lowest BCUT2D eigenvalue weighted by Gasteiger charge is -2.15. The van der Waals surface area contributed by atoms with Crippen LogP contribution in [0.5, 0.6) is 0 Å². The van der Waals surface area contributed by atoms with E-state index in [9.17, 15) is 9.59 Å². The molecule has 0 aromatic heterocycles. The van der Waals surface area contributed by atoms with E-state index in [0.29, 0.717) is 6.61 Å². The topological polar surface area (TPSA) is 52.6 Å². The maximum atomic E-state index is 11.6. The van der Waals surface area contributed by atoms with E-state index in [1.807, 2.05) is 6.92 Å². The Morgan fingerprint density at radius 2 is 1.55 bits per heavy atom. The van der Waals surface area contributed by atoms with Crippen LogP contribution in [0.15, 0.2) is 12.2 Å². The molecule has 0 amide bonds. The van der Waals surface area contributed by atoms with Crippen LogP contribution in [0.25, 0.3) is 0 Å². The molecule has 0 aliphatic heterocycles. The Balaban J connectivity index is 4.06. The molecule has 0 spiro atoms. The molecule has 1 atom stereocenters. The summed E-state index contributed by atoms with van der Waals surface area (Å²) in [4.78, 5) is 22.9. The van der Waals surface area contributed by atoms with Gasteiger partial charge in [-0.1, -0.05) is 46.5 Å². The molecule has 0 N–H and O–H groups in total. The number of ether oxygens (including phenoxy) is 2. The van der Waals surface area contributed by atoms with Gasteiger partial charge in [0.2, 0.25) is 0 Å². The minimum absolute atomic E-state index is 0.0480. The lowest BCUT2D eigenvalue weighted by molar-refractivity contribution is -0.144. The zero-order valence-corrected chi connectivity index (χ0v) is 13.0. The summed E-state index contributed by atoms with van der Waals surface area (Å²) in [6, 6.07) is 0. The van der Waals surface area contributed by atoms with E-state index in [0.717, 1.165) is 57.1 Å². The lowest BCUT2D eigenvalue weighted by atomic mass is 10.1. The van der Waals surface area contributed by atoms with Crippen LogP contribution in [0.3, 0.4) is 0 Å². The molecule has 4 nitrogen and oxygen atoms in total. The second kappa shape index (κ2) is 12.7. The van der Waals surface area contributed by atoms with Gasteiger partial charge < -0.3 is 9.47 Å². The summed E-state index contributed by atoms with van der Waals surface area (Å²) in [6.45, 7) is 6.58. The number of hydrogen-bond acceptors (Lipinski definition) is 4. The van der Waals surface area contributed by atoms with Crippen molar-refractivity contribution >= 4 is 11.9 Å². The maximum absolute atomic E-state index is 11.6. The van der Waals surface area contributed by atoms with Crippen molar-refractivity contribution in [2.75, 3.05) is 6.61 Å². The zero-order chi connectivity index (χ0) is 15.2. The predicted molar refractivity (Wildman–Crippen MR) is 79.3 cm³/mol. The molecule has 4 heteroatoms. The minimum atomic E-state index is -0.490. The van der Waals surface area contributed by atoms with E-state index in [1.54, 1.807) is 0 Å². The fourth-order valence-corrected chi connectivity index (χ4v) is 1.72. The number of rotatable bonds is 11. The van der Waals surface area contributed by atoms with Crippen LogP contribution in [0.2, 0.25) is 0 Å². The smallest absolute Gasteiger partial charge is 0.331 e. The molecule has 0 radical (unpaired) electrons. The molecule has 0 aliphatic carbocycles. The normalized spacial score (nSPS) is 12.3. The monoisotopic (exact) mass is 284 g/mol. The molecule has 0 saturated carbocycles. The molecule has 1 unspecified atom stereocenters. The summed E-state index contributed by atoms with van der Waals surface area (Å²) in [6.07, 6.45) is 8.89. The Morgan fingerprint density at radius 1 is 0.900 bits per heavy atom. The third-order valence-electron chi connectivity index (χ3n) is 2.87. The fourth-order valence-electron chi connectivity index (χ4n) is 1.72. The van der Waals surface area contributed by atoms with Gasteiger partial charge in [0.05, 0.1) is 6.61 Å². The Bertz CT molecular complexity index is 297. The van der Waals surface area contributed by atoms with Crippen molar-refractivity contribution in [1.82, 2.24) is 0 Å². The van der Waals surface area contributed by atoms with E-state index in [-0.39, 0.29) is 6.10 Å². The summed E-state index contributed by atoms with van der Waals surface area (Å²) >= 11 is 0. The number of carbonyl (C=O) groups is 2. The standard InChI is InChI=1S/C16H28O4/c1-4-7-10-14(9-6-3)20-16(18)12-11-15(17)19-13-8-5-2/h11-12,14H,4-10,13H2,1-3H3/b12-11+. The predicted octanol–water partition coefficient (Wildman–Crippen LogP) is 3.79. The molecule has 0 heterocycles. The van der Waals surface area contributed by atoms with Gasteiger partial charge in [-0.25, -0.2) is 9.59 Å². The molecular formula is C16H28O4. The first-order valence-electron chi connectivity index (χ1n) is 7.69. The Labute approximate surface area is 122 Å². The van der Waals surface area contributed by atoms with Gasteiger partial charge in [-0.3, -0.25) is 0 Å². The molecular weight excluding hydrogens is 256 g/mol. The van der Waals surface area contributed by atoms with Crippen molar-refractivity contribution in [3.05, 3.63) is 12.2 Å². The zero-order valence-electron chi connectivity index (χ0n) is 13.0. The van der Waals surface area contributed by atoms with Gasteiger partial charge in [0.25, 0.3) is 0 Å². The second-order valence-electron chi connectivity index (χ2n) is 4.84. The maximum Gasteiger partial charge on any atom is 0.331 e. The summed E-state index contributed by atoms with van der Waals surface area (Å²) in [5.41, 5.74) is 0. The Hall–Kier alpha value is -1.32. The van der Waals surface area contributed by atoms with Crippen LogP contribution in [-0.4, -0.2) is 24.6 Å². The third kappa shape index (κ3) is 10.6. The van der Waals surface area contributed by atoms with Crippen LogP contribution < -0.4 is 0 Å². The highest BCUT2D eigenvalue weighted by Gasteiger charge is 2.11. The van der Waals surface area contributed by atoms with Gasteiger partial charge in [0.15, 0.2) is 0 Å². The van der Waals surface area contributed by atoms with Crippen LogP contribution in [-0.2, 0) is 19.1 Å². The van der Waals surface area contributed by atoms with E-state index in [1.165, 1.54) is 0 Å². The van der Waals surface area contributed by atoms with Crippen molar-refractivity contribution in [3.8, 4) is 0 Å². The highest BCUT2D eigenvalue weighted by molar-refractivity contribution is 5.91. The van der Waals surface area contributed by atoms with Crippen molar-refractivity contribution in [1.29, 1.82) is 0 Å². The van der Waals surface area contributed by atoms with Gasteiger partial charge in [-0.15, -0.1) is 0 Å². The molecule has 0 aromatic rings. The van der Waals surface area contributed by atoms with Gasteiger partial charge in [0.1, 0.15) is 6.10 Å². The molecule has 116 valence electrons. The van der Waals surface area contributed by atoms with Crippen LogP contribution in [0, 0.1) is 0 Å². The first kappa shape index (κ1) is 18.7. The van der Waals surface area contributed by atoms with Crippen LogP contribution in [0.1, 0.15) is 65.7 Å². The average Bonchev–Trinajstić information content (AvgIpc) is 2.43. The second-order valence-corrected chi connectivity index (χ2v) is 4.84. The summed E-state index contributed by atoms with van der Waals surface area (Å²) in [5, 5.41) is 0. The molecule has 0 rings (SSSR count). The summed E-state index contributed by atoms with van der Waals surface area (Å²) in [5.74, 6) is -0.956. The largest absolute Gasteiger partial charge is 0.463 e. The van der Waals surface area contributed by atoms with Crippen LogP contribution >= 0.6 is 0 Å². The SMILES string of the molecule is CCCCOC(=O)/C=C/C(=O)OC(CCC)CCCC. The molecule has 0 aliphatic rings. The van der Waals surface area contributed by atoms with Gasteiger partial charge in [-0.2, -0.15) is 0 Å². The first-order chi connectivity index (χ1) is 9.63. The summed E-state index contributed by atoms with van der Waals surface area (Å²) in [7, 11) is 0. The van der Waals surface area contributed by atoms with Crippen LogP contribution in [0.4, 0.5) is 0 Å². The number of esters is 2. The molecule has 0 bridgehead atoms. The minimum Gasteiger partial charge on any atom is -0.463 e. The number of hydrogen-bond donors (Lipinski definition) is 0. The quantitative estimate of drug-likeness (QED) is 0.329. The third-order valence-corrected chi connectivity index (χ3v) is 2.87. The summed E-state index contributed by atoms with van der Waals surface area (Å²) < 4.78 is 10.3. The van der Waals surface area contributed by atoms with Gasteiger partial charge >= 0.3 is 11.9 Å². The van der Waals surface area contributed by atoms with E-state index in [4.69, 9.17) is 9.47 Å². The molecule has 0 saturated heterocycles. The molecule has 20 heavy (non-hydrogen) atoms. The van der Waals surface area contributed by atoms with Crippen molar-refractivity contribution < 1.29 is 19.1 Å². The Morgan fingerprint density at radius 3 is 2.15 bits per heavy atom. The number of unbranched alkanes of at least 4 members (excludes halogenated alkanes) is 2. The number of carbonyl (C=O) groups excluding carboxylic acids is 2. The van der Waals surface area contributed by atoms with Crippen molar-refractivity contribution in [2.45, 2.75) is 71.8 Å². The van der Waals surface area contributed by atoms with Gasteiger partial charge in [-0.05, 0) is 19.3 Å². The van der Waals surface area contributed by atoms with E-state index < -0.39 is 11.9 Å². The average molecular weight is 284 g/mol. The van der Waals surface area contributed by atoms with Crippen molar-refractivity contribution in [3.63, 3.8) is 0 Å². The lowest BCUT2D eigenvalue weighted by Crippen LogP contribution is -2.17. The Kier molecular flexibility index (Phi) is 11.9. The highest BCUT2D eigenvalue weighted by Crippen LogP contribution is 2.11. The van der Waals surface area contributed by atoms with Crippen molar-refractivity contribution in [2.24, 2.45) is 0 Å². The molecule has 0 aromatic carbocycles. The van der Waals surface area contributed by atoms with E-state index >= 15 is 0 Å². The highest BCUT2D eigenvalue weighted by atomic mass is 16.5.